The fourth-order valence-electron chi connectivity index (χ4n) is 1.41. The number of fused-ring (bicyclic) bond motifs is 1. The molecule has 0 unspecified atom stereocenters. The van der Waals surface area contributed by atoms with Crippen molar-refractivity contribution in [3.8, 4) is 0 Å². The van der Waals surface area contributed by atoms with Gasteiger partial charge < -0.3 is 9.72 Å². The lowest BCUT2D eigenvalue weighted by molar-refractivity contribution is 0.0634. The maximum Gasteiger partial charge on any atom is 0.414 e. The molecular weight excluding hydrogens is 236 g/mol. The molecule has 2 rings (SSSR count). The molecule has 1 amide bonds. The maximum absolute atomic E-state index is 11.6. The number of nitrogens with zero attached hydrogens (tertiary/aromatic N) is 1. The molecule has 96 valence electrons. The van der Waals surface area contributed by atoms with Crippen molar-refractivity contribution in [2.45, 2.75) is 26.4 Å². The van der Waals surface area contributed by atoms with E-state index < -0.39 is 11.7 Å². The van der Waals surface area contributed by atoms with Gasteiger partial charge >= 0.3 is 6.09 Å². The first-order valence-electron chi connectivity index (χ1n) is 5.42. The highest BCUT2D eigenvalue weighted by molar-refractivity contribution is 5.84. The first-order chi connectivity index (χ1) is 8.35. The zero-order valence-electron chi connectivity index (χ0n) is 10.3. The largest absolute Gasteiger partial charge is 0.444 e. The van der Waals surface area contributed by atoms with E-state index in [4.69, 9.17) is 4.74 Å². The van der Waals surface area contributed by atoms with Gasteiger partial charge in [-0.25, -0.2) is 4.79 Å². The van der Waals surface area contributed by atoms with E-state index in [-0.39, 0.29) is 11.5 Å². The van der Waals surface area contributed by atoms with Crippen LogP contribution in [0.15, 0.2) is 17.1 Å². The Morgan fingerprint density at radius 1 is 1.44 bits per heavy atom. The smallest absolute Gasteiger partial charge is 0.414 e. The molecule has 0 bridgehead atoms. The lowest BCUT2D eigenvalue weighted by Gasteiger charge is -2.19. The van der Waals surface area contributed by atoms with E-state index in [0.29, 0.717) is 11.0 Å². The average Bonchev–Trinajstić information content (AvgIpc) is 2.62. The maximum atomic E-state index is 11.6. The molecule has 18 heavy (non-hydrogen) atoms. The highest BCUT2D eigenvalue weighted by atomic mass is 16.6. The van der Waals surface area contributed by atoms with Gasteiger partial charge in [0.25, 0.3) is 5.56 Å². The molecule has 7 heteroatoms. The molecule has 0 aliphatic carbocycles. The number of ether oxygens (including phenoxy) is 1. The van der Waals surface area contributed by atoms with E-state index in [1.165, 1.54) is 0 Å². The van der Waals surface area contributed by atoms with Crippen molar-refractivity contribution >= 4 is 23.1 Å². The van der Waals surface area contributed by atoms with Crippen LogP contribution >= 0.6 is 0 Å². The second-order valence-corrected chi connectivity index (χ2v) is 4.78. The van der Waals surface area contributed by atoms with Crippen LogP contribution in [0.1, 0.15) is 20.8 Å². The first kappa shape index (κ1) is 12.2. The second kappa shape index (κ2) is 4.17. The van der Waals surface area contributed by atoms with Crippen molar-refractivity contribution in [1.29, 1.82) is 0 Å². The molecule has 0 radical (unpaired) electrons. The molecule has 0 fully saturated rings. The van der Waals surface area contributed by atoms with Crippen molar-refractivity contribution in [1.82, 2.24) is 15.0 Å². The third-order valence-electron chi connectivity index (χ3n) is 2.04. The number of nitrogens with one attached hydrogen (secondary N) is 3. The average molecular weight is 250 g/mol. The van der Waals surface area contributed by atoms with Crippen LogP contribution in [-0.4, -0.2) is 26.6 Å². The van der Waals surface area contributed by atoms with E-state index in [1.54, 1.807) is 33.0 Å². The van der Waals surface area contributed by atoms with Crippen molar-refractivity contribution < 1.29 is 9.53 Å². The summed E-state index contributed by atoms with van der Waals surface area (Å²) in [5.41, 5.74) is -0.530. The number of carbonyl (C=O) groups excluding carboxylic acids is 1. The summed E-state index contributed by atoms with van der Waals surface area (Å²) in [5.74, 6) is 0.0456. The number of anilines is 1. The van der Waals surface area contributed by atoms with Crippen LogP contribution in [0, 0.1) is 0 Å². The Bertz CT molecular complexity index is 636. The van der Waals surface area contributed by atoms with Gasteiger partial charge in [-0.05, 0) is 26.8 Å². The molecule has 2 heterocycles. The molecule has 0 aliphatic heterocycles. The van der Waals surface area contributed by atoms with E-state index >= 15 is 0 Å². The SMILES string of the molecule is CC(C)(C)OC(=O)Nc1nc2[nH]ccc2c(=O)[nH]1. The fourth-order valence-corrected chi connectivity index (χ4v) is 1.41. The zero-order chi connectivity index (χ0) is 13.3. The van der Waals surface area contributed by atoms with Gasteiger partial charge in [0.15, 0.2) is 0 Å². The number of aromatic nitrogens is 3. The summed E-state index contributed by atoms with van der Waals surface area (Å²) >= 11 is 0. The molecule has 3 N–H and O–H groups in total. The van der Waals surface area contributed by atoms with Gasteiger partial charge in [0.05, 0.1) is 5.39 Å². The zero-order valence-corrected chi connectivity index (χ0v) is 10.3. The van der Waals surface area contributed by atoms with Crippen LogP contribution in [0.5, 0.6) is 0 Å². The second-order valence-electron chi connectivity index (χ2n) is 4.78. The summed E-state index contributed by atoms with van der Waals surface area (Å²) < 4.78 is 5.05. The molecule has 2 aromatic rings. The first-order valence-corrected chi connectivity index (χ1v) is 5.42. The number of carbonyl (C=O) groups is 1. The molecule has 2 aromatic heterocycles. The van der Waals surface area contributed by atoms with Gasteiger partial charge in [-0.2, -0.15) is 4.98 Å². The minimum Gasteiger partial charge on any atom is -0.444 e. The molecule has 0 spiro atoms. The molecule has 0 saturated heterocycles. The Kier molecular flexibility index (Phi) is 2.82. The van der Waals surface area contributed by atoms with Gasteiger partial charge in [-0.15, -0.1) is 0 Å². The summed E-state index contributed by atoms with van der Waals surface area (Å²) in [4.78, 5) is 32.4. The van der Waals surface area contributed by atoms with E-state index in [9.17, 15) is 9.59 Å². The molecular formula is C11H14N4O3. The van der Waals surface area contributed by atoms with Gasteiger partial charge in [0.2, 0.25) is 5.95 Å². The Hall–Kier alpha value is -2.31. The molecule has 0 aliphatic rings. The molecule has 0 atom stereocenters. The number of aromatic amines is 2. The van der Waals surface area contributed by atoms with Crippen molar-refractivity contribution in [3.05, 3.63) is 22.6 Å². The summed E-state index contributed by atoms with van der Waals surface area (Å²) in [6.07, 6.45) is 0.931. The van der Waals surface area contributed by atoms with Crippen LogP contribution in [0.3, 0.4) is 0 Å². The topological polar surface area (TPSA) is 99.9 Å². The van der Waals surface area contributed by atoms with Crippen molar-refractivity contribution in [2.24, 2.45) is 0 Å². The number of amides is 1. The Morgan fingerprint density at radius 2 is 2.17 bits per heavy atom. The van der Waals surface area contributed by atoms with Crippen molar-refractivity contribution in [3.63, 3.8) is 0 Å². The summed E-state index contributed by atoms with van der Waals surface area (Å²) in [5, 5.41) is 2.81. The van der Waals surface area contributed by atoms with Gasteiger partial charge in [-0.3, -0.25) is 15.1 Å². The highest BCUT2D eigenvalue weighted by Gasteiger charge is 2.17. The third kappa shape index (κ3) is 2.68. The van der Waals surface area contributed by atoms with Crippen LogP contribution < -0.4 is 10.9 Å². The predicted octanol–water partition coefficient (Wildman–Crippen LogP) is 1.60. The number of hydrogen-bond acceptors (Lipinski definition) is 4. The lowest BCUT2D eigenvalue weighted by atomic mass is 10.2. The van der Waals surface area contributed by atoms with Crippen LogP contribution in [0.4, 0.5) is 10.7 Å². The standard InChI is InChI=1S/C11H14N4O3/c1-11(2,3)18-10(17)15-9-13-7-6(4-5-12-7)8(16)14-9/h4-5H,1-3H3,(H3,12,13,14,15,16,17). The Labute approximate surface area is 103 Å². The normalized spacial score (nSPS) is 11.5. The van der Waals surface area contributed by atoms with Gasteiger partial charge in [0, 0.05) is 6.20 Å². The molecule has 0 aromatic carbocycles. The number of hydrogen-bond donors (Lipinski definition) is 3. The van der Waals surface area contributed by atoms with Crippen molar-refractivity contribution in [2.75, 3.05) is 5.32 Å². The van der Waals surface area contributed by atoms with Gasteiger partial charge in [-0.1, -0.05) is 0 Å². The monoisotopic (exact) mass is 250 g/mol. The summed E-state index contributed by atoms with van der Waals surface area (Å²) in [7, 11) is 0. The lowest BCUT2D eigenvalue weighted by Crippen LogP contribution is -2.28. The van der Waals surface area contributed by atoms with E-state index in [2.05, 4.69) is 20.3 Å². The van der Waals surface area contributed by atoms with Crippen LogP contribution in [0.25, 0.3) is 11.0 Å². The highest BCUT2D eigenvalue weighted by Crippen LogP contribution is 2.10. The molecule has 7 nitrogen and oxygen atoms in total. The van der Waals surface area contributed by atoms with E-state index in [0.717, 1.165) is 0 Å². The third-order valence-corrected chi connectivity index (χ3v) is 2.04. The predicted molar refractivity (Wildman–Crippen MR) is 66.6 cm³/mol. The minimum atomic E-state index is -0.670. The van der Waals surface area contributed by atoms with Crippen LogP contribution in [0.2, 0.25) is 0 Å². The van der Waals surface area contributed by atoms with E-state index in [1.807, 2.05) is 0 Å². The minimum absolute atomic E-state index is 0.0456. The summed E-state index contributed by atoms with van der Waals surface area (Å²) in [6.45, 7) is 5.24. The fraction of sp³-hybridized carbons (Fsp3) is 0.364. The Balaban J connectivity index is 2.22. The van der Waals surface area contributed by atoms with Gasteiger partial charge in [0.1, 0.15) is 11.2 Å². The summed E-state index contributed by atoms with van der Waals surface area (Å²) in [6, 6.07) is 1.61. The van der Waals surface area contributed by atoms with Crippen LogP contribution in [-0.2, 0) is 4.74 Å². The molecule has 0 saturated carbocycles. The quantitative estimate of drug-likeness (QED) is 0.715. The number of rotatable bonds is 1. The Morgan fingerprint density at radius 3 is 2.83 bits per heavy atom. The number of H-pyrrole nitrogens is 2.